The Hall–Kier alpha value is -1.48. The molecule has 2 aliphatic heterocycles. The molecule has 0 aromatic heterocycles. The molecular weight excluding hydrogens is 320 g/mol. The van der Waals surface area contributed by atoms with Gasteiger partial charge in [0.05, 0.1) is 18.7 Å². The zero-order valence-corrected chi connectivity index (χ0v) is 13.9. The summed E-state index contributed by atoms with van der Waals surface area (Å²) in [5.74, 6) is -1.15. The van der Waals surface area contributed by atoms with Crippen molar-refractivity contribution in [3.05, 3.63) is 35.4 Å². The quantitative estimate of drug-likeness (QED) is 0.880. The van der Waals surface area contributed by atoms with Gasteiger partial charge in [0.25, 0.3) is 10.2 Å². The smallest absolute Gasteiger partial charge is 0.334 e. The third-order valence-corrected chi connectivity index (χ3v) is 6.45. The highest BCUT2D eigenvalue weighted by molar-refractivity contribution is 7.86. The van der Waals surface area contributed by atoms with Crippen LogP contribution in [-0.2, 0) is 32.8 Å². The number of carboxylic acids is 1. The van der Waals surface area contributed by atoms with Crippen molar-refractivity contribution in [1.82, 2.24) is 8.61 Å². The highest BCUT2D eigenvalue weighted by Crippen LogP contribution is 2.32. The van der Waals surface area contributed by atoms with E-state index in [1.807, 2.05) is 24.3 Å². The molecule has 1 saturated heterocycles. The number of aliphatic carboxylic acids is 1. The maximum absolute atomic E-state index is 13.0. The fourth-order valence-electron chi connectivity index (χ4n) is 2.99. The van der Waals surface area contributed by atoms with E-state index in [1.165, 1.54) is 8.61 Å². The predicted octanol–water partition coefficient (Wildman–Crippen LogP) is 0.811. The third kappa shape index (κ3) is 2.87. The maximum atomic E-state index is 13.0. The molecule has 0 radical (unpaired) electrons. The number of hydrogen-bond acceptors (Lipinski definition) is 4. The molecule has 1 fully saturated rings. The molecular formula is C15H20N2O5S. The van der Waals surface area contributed by atoms with Crippen LogP contribution in [0.3, 0.4) is 0 Å². The molecule has 3 rings (SSSR count). The van der Waals surface area contributed by atoms with E-state index in [1.54, 1.807) is 13.8 Å². The number of morpholine rings is 1. The van der Waals surface area contributed by atoms with Crippen LogP contribution in [0.4, 0.5) is 0 Å². The van der Waals surface area contributed by atoms with E-state index in [0.29, 0.717) is 13.1 Å². The van der Waals surface area contributed by atoms with Gasteiger partial charge < -0.3 is 9.84 Å². The molecule has 0 bridgehead atoms. The average molecular weight is 340 g/mol. The van der Waals surface area contributed by atoms with Crippen LogP contribution in [0.15, 0.2) is 24.3 Å². The molecule has 0 amide bonds. The molecule has 1 aromatic carbocycles. The van der Waals surface area contributed by atoms with Gasteiger partial charge >= 0.3 is 5.97 Å². The lowest BCUT2D eigenvalue weighted by atomic mass is 10.0. The number of fused-ring (bicyclic) bond motifs is 1. The fraction of sp³-hybridized carbons (Fsp3) is 0.533. The summed E-state index contributed by atoms with van der Waals surface area (Å²) in [7, 11) is -3.78. The number of hydrogen-bond donors (Lipinski definition) is 1. The lowest BCUT2D eigenvalue weighted by Crippen LogP contribution is -2.62. The van der Waals surface area contributed by atoms with Crippen molar-refractivity contribution in [1.29, 1.82) is 0 Å². The zero-order valence-electron chi connectivity index (χ0n) is 13.1. The van der Waals surface area contributed by atoms with Crippen LogP contribution in [0.2, 0.25) is 0 Å². The summed E-state index contributed by atoms with van der Waals surface area (Å²) in [6, 6.07) is 7.59. The Morgan fingerprint density at radius 3 is 2.35 bits per heavy atom. The third-order valence-electron chi connectivity index (χ3n) is 4.34. The Morgan fingerprint density at radius 1 is 1.26 bits per heavy atom. The van der Waals surface area contributed by atoms with Crippen molar-refractivity contribution in [3.8, 4) is 0 Å². The van der Waals surface area contributed by atoms with Crippen LogP contribution in [0.25, 0.3) is 0 Å². The first kappa shape index (κ1) is 16.4. The number of carboxylic acid groups (broad SMARTS) is 1. The van der Waals surface area contributed by atoms with Crippen molar-refractivity contribution in [3.63, 3.8) is 0 Å². The number of carbonyl (C=O) groups is 1. The van der Waals surface area contributed by atoms with Gasteiger partial charge in [0, 0.05) is 13.1 Å². The lowest BCUT2D eigenvalue weighted by molar-refractivity contribution is -0.159. The molecule has 2 aliphatic rings. The van der Waals surface area contributed by atoms with E-state index in [-0.39, 0.29) is 13.2 Å². The van der Waals surface area contributed by atoms with Gasteiger partial charge in [0.15, 0.2) is 6.10 Å². The van der Waals surface area contributed by atoms with Crippen LogP contribution in [0.1, 0.15) is 25.0 Å². The van der Waals surface area contributed by atoms with Gasteiger partial charge in [-0.2, -0.15) is 17.0 Å². The van der Waals surface area contributed by atoms with Gasteiger partial charge in [0.2, 0.25) is 0 Å². The molecule has 8 heteroatoms. The second-order valence-corrected chi connectivity index (χ2v) is 8.38. The molecule has 7 nitrogen and oxygen atoms in total. The van der Waals surface area contributed by atoms with Gasteiger partial charge in [-0.25, -0.2) is 4.79 Å². The van der Waals surface area contributed by atoms with Crippen LogP contribution in [0, 0.1) is 0 Å². The minimum atomic E-state index is -3.78. The standard InChI is InChI=1S/C15H20N2O5S/c1-15(2)10-22-13(14(18)19)9-17(15)23(20,21)16-7-11-5-3-4-6-12(11)8-16/h3-6,13H,7-10H2,1-2H3,(H,18,19). The summed E-state index contributed by atoms with van der Waals surface area (Å²) in [5.41, 5.74) is 1.17. The average Bonchev–Trinajstić information content (AvgIpc) is 2.91. The van der Waals surface area contributed by atoms with E-state index in [9.17, 15) is 13.2 Å². The molecule has 0 saturated carbocycles. The van der Waals surface area contributed by atoms with Crippen LogP contribution >= 0.6 is 0 Å². The van der Waals surface area contributed by atoms with Crippen LogP contribution < -0.4 is 0 Å². The second-order valence-electron chi connectivity index (χ2n) is 6.53. The first-order chi connectivity index (χ1) is 10.7. The van der Waals surface area contributed by atoms with E-state index in [4.69, 9.17) is 9.84 Å². The summed E-state index contributed by atoms with van der Waals surface area (Å²) in [4.78, 5) is 11.2. The first-order valence-electron chi connectivity index (χ1n) is 7.41. The maximum Gasteiger partial charge on any atom is 0.334 e. The SMILES string of the molecule is CC1(C)COC(C(=O)O)CN1S(=O)(=O)N1Cc2ccccc2C1. The summed E-state index contributed by atoms with van der Waals surface area (Å²) >= 11 is 0. The Labute approximate surface area is 135 Å². The van der Waals surface area contributed by atoms with E-state index >= 15 is 0 Å². The summed E-state index contributed by atoms with van der Waals surface area (Å²) in [6.07, 6.45) is -1.14. The van der Waals surface area contributed by atoms with Crippen LogP contribution in [0.5, 0.6) is 0 Å². The lowest BCUT2D eigenvalue weighted by Gasteiger charge is -2.44. The highest BCUT2D eigenvalue weighted by Gasteiger charge is 2.47. The number of ether oxygens (including phenoxy) is 1. The van der Waals surface area contributed by atoms with Gasteiger partial charge in [-0.15, -0.1) is 0 Å². The second kappa shape index (κ2) is 5.55. The molecule has 23 heavy (non-hydrogen) atoms. The Balaban J connectivity index is 1.88. The van der Waals surface area contributed by atoms with E-state index in [0.717, 1.165) is 11.1 Å². The Morgan fingerprint density at radius 2 is 1.83 bits per heavy atom. The number of rotatable bonds is 3. The minimum absolute atomic E-state index is 0.0456. The summed E-state index contributed by atoms with van der Waals surface area (Å²) < 4.78 is 34.0. The van der Waals surface area contributed by atoms with Crippen molar-refractivity contribution in [2.45, 2.75) is 38.6 Å². The minimum Gasteiger partial charge on any atom is -0.479 e. The first-order valence-corrected chi connectivity index (χ1v) is 8.80. The molecule has 2 heterocycles. The largest absolute Gasteiger partial charge is 0.479 e. The normalized spacial score (nSPS) is 25.2. The van der Waals surface area contributed by atoms with Gasteiger partial charge in [-0.1, -0.05) is 24.3 Å². The molecule has 1 N–H and O–H groups in total. The summed E-state index contributed by atoms with van der Waals surface area (Å²) in [5, 5.41) is 9.14. The summed E-state index contributed by atoms with van der Waals surface area (Å²) in [6.45, 7) is 3.96. The monoisotopic (exact) mass is 340 g/mol. The Bertz CT molecular complexity index is 706. The highest BCUT2D eigenvalue weighted by atomic mass is 32.2. The van der Waals surface area contributed by atoms with Crippen molar-refractivity contribution in [2.24, 2.45) is 0 Å². The number of benzene rings is 1. The fourth-order valence-corrected chi connectivity index (χ4v) is 4.87. The van der Waals surface area contributed by atoms with Gasteiger partial charge in [-0.05, 0) is 25.0 Å². The zero-order chi connectivity index (χ0) is 16.8. The van der Waals surface area contributed by atoms with Crippen molar-refractivity contribution >= 4 is 16.2 Å². The molecule has 0 aliphatic carbocycles. The molecule has 0 spiro atoms. The molecule has 1 aromatic rings. The topological polar surface area (TPSA) is 87.1 Å². The molecule has 1 unspecified atom stereocenters. The van der Waals surface area contributed by atoms with Gasteiger partial charge in [0.1, 0.15) is 0 Å². The van der Waals surface area contributed by atoms with E-state index in [2.05, 4.69) is 0 Å². The van der Waals surface area contributed by atoms with E-state index < -0.39 is 27.8 Å². The Kier molecular flexibility index (Phi) is 3.96. The van der Waals surface area contributed by atoms with Crippen molar-refractivity contribution < 1.29 is 23.1 Å². The number of nitrogens with zero attached hydrogens (tertiary/aromatic N) is 2. The van der Waals surface area contributed by atoms with Crippen molar-refractivity contribution in [2.75, 3.05) is 13.2 Å². The van der Waals surface area contributed by atoms with Gasteiger partial charge in [-0.3, -0.25) is 0 Å². The predicted molar refractivity (Wildman–Crippen MR) is 82.8 cm³/mol. The van der Waals surface area contributed by atoms with Crippen LogP contribution in [-0.4, -0.2) is 52.9 Å². The molecule has 126 valence electrons. The molecule has 1 atom stereocenters.